The van der Waals surface area contributed by atoms with Crippen molar-refractivity contribution in [2.45, 2.75) is 26.3 Å². The summed E-state index contributed by atoms with van der Waals surface area (Å²) < 4.78 is 1.74. The summed E-state index contributed by atoms with van der Waals surface area (Å²) in [7, 11) is 0. The summed E-state index contributed by atoms with van der Waals surface area (Å²) >= 11 is 0. The van der Waals surface area contributed by atoms with Crippen molar-refractivity contribution in [2.75, 3.05) is 37.7 Å². The summed E-state index contributed by atoms with van der Waals surface area (Å²) in [4.78, 5) is 19.3. The highest BCUT2D eigenvalue weighted by Gasteiger charge is 2.26. The molecule has 0 aliphatic carbocycles. The molecule has 1 saturated heterocycles. The zero-order valence-corrected chi connectivity index (χ0v) is 13.1. The molecule has 1 fully saturated rings. The third-order valence-electron chi connectivity index (χ3n) is 4.50. The van der Waals surface area contributed by atoms with Crippen LogP contribution in [0.2, 0.25) is 0 Å². The first-order chi connectivity index (χ1) is 10.7. The fraction of sp³-hybridized carbons (Fsp3) is 0.625. The highest BCUT2D eigenvalue weighted by Crippen LogP contribution is 2.22. The minimum atomic E-state index is -0.0331. The number of anilines is 1. The van der Waals surface area contributed by atoms with Gasteiger partial charge < -0.3 is 19.9 Å². The minimum Gasteiger partial charge on any atom is -0.396 e. The molecule has 3 rings (SSSR count). The maximum atomic E-state index is 12.6. The van der Waals surface area contributed by atoms with Crippen LogP contribution in [0.3, 0.4) is 0 Å². The monoisotopic (exact) mass is 304 g/mol. The van der Waals surface area contributed by atoms with Gasteiger partial charge in [-0.15, -0.1) is 0 Å². The van der Waals surface area contributed by atoms with Gasteiger partial charge in [0.1, 0.15) is 0 Å². The first-order valence-corrected chi connectivity index (χ1v) is 8.10. The third-order valence-corrected chi connectivity index (χ3v) is 4.50. The van der Waals surface area contributed by atoms with Gasteiger partial charge in [0.15, 0.2) is 5.82 Å². The van der Waals surface area contributed by atoms with E-state index in [0.717, 1.165) is 43.7 Å². The smallest absolute Gasteiger partial charge is 0.293 e. The Morgan fingerprint density at radius 1 is 1.50 bits per heavy atom. The van der Waals surface area contributed by atoms with E-state index < -0.39 is 0 Å². The van der Waals surface area contributed by atoms with Crippen LogP contribution in [0, 0.1) is 5.92 Å². The van der Waals surface area contributed by atoms with E-state index in [1.807, 2.05) is 18.0 Å². The van der Waals surface area contributed by atoms with Gasteiger partial charge in [-0.2, -0.15) is 0 Å². The molecule has 1 aromatic rings. The van der Waals surface area contributed by atoms with Gasteiger partial charge in [0.05, 0.1) is 5.69 Å². The maximum Gasteiger partial charge on any atom is 0.293 e. The first-order valence-electron chi connectivity index (χ1n) is 8.10. The van der Waals surface area contributed by atoms with E-state index in [9.17, 15) is 9.90 Å². The summed E-state index contributed by atoms with van der Waals surface area (Å²) in [6.45, 7) is 6.08. The molecule has 6 heteroatoms. The Balaban J connectivity index is 1.98. The van der Waals surface area contributed by atoms with E-state index in [4.69, 9.17) is 0 Å². The van der Waals surface area contributed by atoms with Crippen molar-refractivity contribution in [3.05, 3.63) is 28.3 Å². The van der Waals surface area contributed by atoms with Gasteiger partial charge in [-0.3, -0.25) is 4.79 Å². The number of nitrogens with one attached hydrogen (secondary N) is 1. The standard InChI is InChI=1S/C16H24N4O2/c1-2-19-10-14(13-4-3-6-17-8-13)18-15(16(19)22)20-7-5-12(9-20)11-21/h4,10,12,17,21H,2-3,5-9,11H2,1H3/t12-/m1/s1. The summed E-state index contributed by atoms with van der Waals surface area (Å²) in [5.41, 5.74) is 2.01. The lowest BCUT2D eigenvalue weighted by Crippen LogP contribution is -2.33. The van der Waals surface area contributed by atoms with Crippen LogP contribution >= 0.6 is 0 Å². The van der Waals surface area contributed by atoms with E-state index in [1.54, 1.807) is 4.57 Å². The van der Waals surface area contributed by atoms with Gasteiger partial charge in [-0.1, -0.05) is 6.08 Å². The Morgan fingerprint density at radius 2 is 2.36 bits per heavy atom. The Bertz CT molecular complexity index is 623. The lowest BCUT2D eigenvalue weighted by molar-refractivity contribution is 0.238. The molecule has 2 aliphatic heterocycles. The van der Waals surface area contributed by atoms with Gasteiger partial charge in [0.2, 0.25) is 0 Å². The van der Waals surface area contributed by atoms with Crippen LogP contribution < -0.4 is 15.8 Å². The summed E-state index contributed by atoms with van der Waals surface area (Å²) in [6.07, 6.45) is 5.98. The molecule has 0 spiro atoms. The SMILES string of the molecule is CCn1cc(C2=CCCNC2)nc(N2CC[C@@H](CO)C2)c1=O. The average Bonchev–Trinajstić information content (AvgIpc) is 3.05. The van der Waals surface area contributed by atoms with Crippen LogP contribution in [0.5, 0.6) is 0 Å². The highest BCUT2D eigenvalue weighted by molar-refractivity contribution is 5.65. The Kier molecular flexibility index (Phi) is 4.59. The normalized spacial score (nSPS) is 22.0. The van der Waals surface area contributed by atoms with Crippen molar-refractivity contribution >= 4 is 11.4 Å². The van der Waals surface area contributed by atoms with Crippen molar-refractivity contribution in [1.82, 2.24) is 14.9 Å². The zero-order chi connectivity index (χ0) is 15.5. The molecule has 2 aliphatic rings. The van der Waals surface area contributed by atoms with E-state index >= 15 is 0 Å². The largest absolute Gasteiger partial charge is 0.396 e. The molecule has 1 atom stereocenters. The second kappa shape index (κ2) is 6.62. The van der Waals surface area contributed by atoms with Crippen molar-refractivity contribution in [2.24, 2.45) is 5.92 Å². The van der Waals surface area contributed by atoms with E-state index in [-0.39, 0.29) is 18.1 Å². The maximum absolute atomic E-state index is 12.6. The number of aromatic nitrogens is 2. The Morgan fingerprint density at radius 3 is 3.00 bits per heavy atom. The molecule has 2 N–H and O–H groups in total. The molecule has 6 nitrogen and oxygen atoms in total. The topological polar surface area (TPSA) is 70.4 Å². The number of nitrogens with zero attached hydrogens (tertiary/aromatic N) is 3. The van der Waals surface area contributed by atoms with Gasteiger partial charge in [0, 0.05) is 44.9 Å². The number of aryl methyl sites for hydroxylation is 1. The van der Waals surface area contributed by atoms with Crippen LogP contribution in [-0.4, -0.2) is 47.4 Å². The fourth-order valence-corrected chi connectivity index (χ4v) is 3.13. The van der Waals surface area contributed by atoms with Crippen LogP contribution in [0.1, 0.15) is 25.5 Å². The van der Waals surface area contributed by atoms with Crippen molar-refractivity contribution < 1.29 is 5.11 Å². The molecule has 0 amide bonds. The summed E-state index contributed by atoms with van der Waals surface area (Å²) in [5.74, 6) is 0.775. The predicted octanol–water partition coefficient (Wildman–Crippen LogP) is 0.459. The number of aliphatic hydroxyl groups excluding tert-OH is 1. The molecule has 0 aromatic carbocycles. The molecule has 22 heavy (non-hydrogen) atoms. The quantitative estimate of drug-likeness (QED) is 0.845. The second-order valence-electron chi connectivity index (χ2n) is 6.02. The van der Waals surface area contributed by atoms with Gasteiger partial charge in [0.25, 0.3) is 5.56 Å². The average molecular weight is 304 g/mol. The lowest BCUT2D eigenvalue weighted by Gasteiger charge is -2.20. The van der Waals surface area contributed by atoms with E-state index in [1.165, 1.54) is 0 Å². The van der Waals surface area contributed by atoms with Crippen molar-refractivity contribution in [3.63, 3.8) is 0 Å². The molecule has 3 heterocycles. The highest BCUT2D eigenvalue weighted by atomic mass is 16.3. The van der Waals surface area contributed by atoms with Crippen molar-refractivity contribution in [1.29, 1.82) is 0 Å². The number of hydrogen-bond donors (Lipinski definition) is 2. The summed E-state index contributed by atoms with van der Waals surface area (Å²) in [6, 6.07) is 0. The predicted molar refractivity (Wildman–Crippen MR) is 87.0 cm³/mol. The number of hydrogen-bond acceptors (Lipinski definition) is 5. The Labute approximate surface area is 130 Å². The molecule has 0 unspecified atom stereocenters. The zero-order valence-electron chi connectivity index (χ0n) is 13.1. The van der Waals surface area contributed by atoms with Crippen LogP contribution in [0.15, 0.2) is 17.1 Å². The third kappa shape index (κ3) is 2.94. The van der Waals surface area contributed by atoms with E-state index in [2.05, 4.69) is 16.4 Å². The lowest BCUT2D eigenvalue weighted by atomic mass is 10.1. The van der Waals surface area contributed by atoms with Gasteiger partial charge >= 0.3 is 0 Å². The molecule has 0 radical (unpaired) electrons. The van der Waals surface area contributed by atoms with Crippen LogP contribution in [0.25, 0.3) is 5.57 Å². The Hall–Kier alpha value is -1.66. The van der Waals surface area contributed by atoms with Crippen molar-refractivity contribution in [3.8, 4) is 0 Å². The summed E-state index contributed by atoms with van der Waals surface area (Å²) in [5, 5.41) is 12.7. The molecule has 1 aromatic heterocycles. The van der Waals surface area contributed by atoms with E-state index in [0.29, 0.717) is 18.9 Å². The van der Waals surface area contributed by atoms with Crippen LogP contribution in [-0.2, 0) is 6.54 Å². The molecular weight excluding hydrogens is 280 g/mol. The number of aliphatic hydroxyl groups is 1. The first kappa shape index (κ1) is 15.2. The molecular formula is C16H24N4O2. The fourth-order valence-electron chi connectivity index (χ4n) is 3.13. The molecule has 0 bridgehead atoms. The molecule has 120 valence electrons. The number of rotatable bonds is 4. The van der Waals surface area contributed by atoms with Gasteiger partial charge in [-0.05, 0) is 31.9 Å². The van der Waals surface area contributed by atoms with Crippen LogP contribution in [0.4, 0.5) is 5.82 Å². The van der Waals surface area contributed by atoms with Gasteiger partial charge in [-0.25, -0.2) is 4.98 Å². The molecule has 0 saturated carbocycles. The minimum absolute atomic E-state index is 0.0331. The second-order valence-corrected chi connectivity index (χ2v) is 6.02.